The maximum absolute atomic E-state index is 12.4. The normalized spacial score (nSPS) is 41.1. The molecule has 24 heavy (non-hydrogen) atoms. The lowest BCUT2D eigenvalue weighted by Gasteiger charge is -2.52. The summed E-state index contributed by atoms with van der Waals surface area (Å²) in [6.07, 6.45) is -3.32. The fraction of sp³-hybridized carbons (Fsp3) is 0.786. The van der Waals surface area contributed by atoms with E-state index in [0.29, 0.717) is 0 Å². The first-order valence-electron chi connectivity index (χ1n) is 7.44. The summed E-state index contributed by atoms with van der Waals surface area (Å²) in [6.45, 7) is 2.78. The molecular weight excluding hydrogens is 363 g/mol. The van der Waals surface area contributed by atoms with Crippen LogP contribution in [0.2, 0.25) is 0 Å². The lowest BCUT2D eigenvalue weighted by Crippen LogP contribution is -2.72. The molecule has 136 valence electrons. The molecule has 7 atom stereocenters. The minimum Gasteiger partial charge on any atom is -0.390 e. The summed E-state index contributed by atoms with van der Waals surface area (Å²) in [5, 5.41) is 22.4. The zero-order valence-corrected chi connectivity index (χ0v) is 14.6. The smallest absolute Gasteiger partial charge is 0.236 e. The van der Waals surface area contributed by atoms with Crippen molar-refractivity contribution < 1.29 is 29.3 Å². The first-order valence-corrected chi connectivity index (χ1v) is 8.32. The standard InChI is InChI=1S/C14H20Cl2N2O6/c1-4(17)12(23)18-11-6-5(3-24-14(11,2)13(15)16)7(19)9(21)10(22)8(6)20/h4-7,9,11,13,19,21H,3,17H2,1-2H3,(H,18,23). The Balaban J connectivity index is 2.45. The molecule has 8 nitrogen and oxygen atoms in total. The Morgan fingerprint density at radius 2 is 1.96 bits per heavy atom. The van der Waals surface area contributed by atoms with E-state index in [1.807, 2.05) is 0 Å². The number of ketones is 2. The average molecular weight is 383 g/mol. The van der Waals surface area contributed by atoms with E-state index in [4.69, 9.17) is 33.7 Å². The van der Waals surface area contributed by atoms with Crippen LogP contribution in [0.5, 0.6) is 0 Å². The van der Waals surface area contributed by atoms with Gasteiger partial charge in [0.05, 0.1) is 30.7 Å². The number of nitrogens with one attached hydrogen (secondary N) is 1. The number of rotatable bonds is 3. The molecule has 0 radical (unpaired) electrons. The summed E-state index contributed by atoms with van der Waals surface area (Å²) in [5.74, 6) is -4.63. The molecule has 1 heterocycles. The zero-order valence-electron chi connectivity index (χ0n) is 13.1. The van der Waals surface area contributed by atoms with Crippen molar-refractivity contribution in [2.75, 3.05) is 6.61 Å². The van der Waals surface area contributed by atoms with Gasteiger partial charge in [0.2, 0.25) is 17.5 Å². The molecule has 5 N–H and O–H groups in total. The van der Waals surface area contributed by atoms with Gasteiger partial charge in [-0.05, 0) is 13.8 Å². The number of amides is 1. The van der Waals surface area contributed by atoms with E-state index in [-0.39, 0.29) is 6.61 Å². The Kier molecular flexibility index (Phi) is 5.59. The van der Waals surface area contributed by atoms with Gasteiger partial charge in [-0.3, -0.25) is 14.4 Å². The number of carbonyl (C=O) groups excluding carboxylic acids is 3. The van der Waals surface area contributed by atoms with Crippen molar-refractivity contribution in [3.63, 3.8) is 0 Å². The molecule has 0 aromatic carbocycles. The number of carbonyl (C=O) groups is 3. The minimum absolute atomic E-state index is 0.154. The van der Waals surface area contributed by atoms with Gasteiger partial charge >= 0.3 is 0 Å². The third-order valence-electron chi connectivity index (χ3n) is 4.75. The van der Waals surface area contributed by atoms with Crippen molar-refractivity contribution >= 4 is 40.7 Å². The SMILES string of the molecule is CC(N)C(=O)NC1C2C(=O)C(=O)C(O)C(O)C2COC1(C)C(Cl)Cl. The maximum atomic E-state index is 12.4. The predicted octanol–water partition coefficient (Wildman–Crippen LogP) is -1.48. The first-order chi connectivity index (χ1) is 11.0. The van der Waals surface area contributed by atoms with Crippen molar-refractivity contribution in [2.24, 2.45) is 17.6 Å². The molecule has 0 aromatic rings. The molecule has 1 saturated heterocycles. The molecule has 0 bridgehead atoms. The van der Waals surface area contributed by atoms with Gasteiger partial charge in [-0.25, -0.2) is 0 Å². The van der Waals surface area contributed by atoms with Gasteiger partial charge in [-0.15, -0.1) is 23.2 Å². The van der Waals surface area contributed by atoms with Crippen LogP contribution in [-0.2, 0) is 19.1 Å². The van der Waals surface area contributed by atoms with E-state index in [0.717, 1.165) is 0 Å². The summed E-state index contributed by atoms with van der Waals surface area (Å²) in [7, 11) is 0. The van der Waals surface area contributed by atoms with Gasteiger partial charge < -0.3 is 26.0 Å². The Bertz CT molecular complexity index is 557. The number of Topliss-reactive ketones (excluding diaryl/α,β-unsaturated/α-hetero) is 2. The van der Waals surface area contributed by atoms with Gasteiger partial charge in [-0.2, -0.15) is 0 Å². The number of alkyl halides is 2. The van der Waals surface area contributed by atoms with Crippen LogP contribution in [0.4, 0.5) is 0 Å². The first kappa shape index (κ1) is 19.6. The van der Waals surface area contributed by atoms with E-state index in [9.17, 15) is 24.6 Å². The number of hydrogen-bond acceptors (Lipinski definition) is 7. The van der Waals surface area contributed by atoms with Crippen LogP contribution in [0.3, 0.4) is 0 Å². The second-order valence-electron chi connectivity index (χ2n) is 6.42. The van der Waals surface area contributed by atoms with E-state index in [1.54, 1.807) is 0 Å². The Morgan fingerprint density at radius 3 is 2.46 bits per heavy atom. The third-order valence-corrected chi connectivity index (χ3v) is 5.61. The number of hydrogen-bond donors (Lipinski definition) is 4. The number of nitrogens with two attached hydrogens (primary N) is 1. The van der Waals surface area contributed by atoms with Gasteiger partial charge in [0.25, 0.3) is 0 Å². The monoisotopic (exact) mass is 382 g/mol. The van der Waals surface area contributed by atoms with Crippen molar-refractivity contribution in [3.05, 3.63) is 0 Å². The fourth-order valence-corrected chi connectivity index (χ4v) is 3.54. The van der Waals surface area contributed by atoms with Crippen LogP contribution in [0.15, 0.2) is 0 Å². The van der Waals surface area contributed by atoms with E-state index < -0.39 is 64.0 Å². The molecule has 2 rings (SSSR count). The summed E-state index contributed by atoms with van der Waals surface area (Å²) >= 11 is 12.0. The Labute approximate surface area is 148 Å². The average Bonchev–Trinajstić information content (AvgIpc) is 2.52. The van der Waals surface area contributed by atoms with Crippen LogP contribution in [-0.4, -0.2) is 69.0 Å². The lowest BCUT2D eigenvalue weighted by atomic mass is 9.66. The molecule has 1 aliphatic carbocycles. The lowest BCUT2D eigenvalue weighted by molar-refractivity contribution is -0.191. The molecule has 7 unspecified atom stereocenters. The Morgan fingerprint density at radius 1 is 1.38 bits per heavy atom. The van der Waals surface area contributed by atoms with Gasteiger partial charge in [0.1, 0.15) is 16.5 Å². The number of aliphatic hydroxyl groups excluding tert-OH is 2. The number of aliphatic hydroxyl groups is 2. The molecule has 0 aromatic heterocycles. The molecule has 1 saturated carbocycles. The number of halogens is 2. The summed E-state index contributed by atoms with van der Waals surface area (Å²) in [4.78, 5) is 35.3. The molecule has 2 fully saturated rings. The highest BCUT2D eigenvalue weighted by Crippen LogP contribution is 2.43. The molecule has 1 aliphatic heterocycles. The summed E-state index contributed by atoms with van der Waals surface area (Å²) < 4.78 is 5.64. The highest BCUT2D eigenvalue weighted by Gasteiger charge is 2.60. The van der Waals surface area contributed by atoms with Crippen LogP contribution in [0.25, 0.3) is 0 Å². The van der Waals surface area contributed by atoms with Crippen molar-refractivity contribution in [2.45, 2.75) is 48.6 Å². The molecule has 10 heteroatoms. The molecule has 1 amide bonds. The van der Waals surface area contributed by atoms with E-state index in [1.165, 1.54) is 13.8 Å². The highest BCUT2D eigenvalue weighted by atomic mass is 35.5. The van der Waals surface area contributed by atoms with Crippen LogP contribution >= 0.6 is 23.2 Å². The minimum atomic E-state index is -1.82. The molecule has 0 spiro atoms. The second kappa shape index (κ2) is 6.86. The number of ether oxygens (including phenoxy) is 1. The maximum Gasteiger partial charge on any atom is 0.236 e. The van der Waals surface area contributed by atoms with Crippen molar-refractivity contribution in [3.8, 4) is 0 Å². The largest absolute Gasteiger partial charge is 0.390 e. The number of fused-ring (bicyclic) bond motifs is 1. The van der Waals surface area contributed by atoms with E-state index in [2.05, 4.69) is 5.32 Å². The topological polar surface area (TPSA) is 139 Å². The van der Waals surface area contributed by atoms with Gasteiger partial charge in [0.15, 0.2) is 0 Å². The Hall–Kier alpha value is -0.770. The highest BCUT2D eigenvalue weighted by molar-refractivity contribution is 6.45. The molecule has 2 aliphatic rings. The third kappa shape index (κ3) is 3.07. The van der Waals surface area contributed by atoms with Crippen LogP contribution in [0.1, 0.15) is 13.8 Å². The van der Waals surface area contributed by atoms with Crippen molar-refractivity contribution in [1.82, 2.24) is 5.32 Å². The summed E-state index contributed by atoms with van der Waals surface area (Å²) in [6, 6.07) is -1.98. The van der Waals surface area contributed by atoms with Crippen LogP contribution < -0.4 is 11.1 Å². The van der Waals surface area contributed by atoms with Gasteiger partial charge in [0, 0.05) is 5.92 Å². The molecular formula is C14H20Cl2N2O6. The van der Waals surface area contributed by atoms with Crippen LogP contribution in [0, 0.1) is 11.8 Å². The second-order valence-corrected chi connectivity index (χ2v) is 7.52. The van der Waals surface area contributed by atoms with E-state index >= 15 is 0 Å². The quantitative estimate of drug-likeness (QED) is 0.344. The predicted molar refractivity (Wildman–Crippen MR) is 84.4 cm³/mol. The zero-order chi connectivity index (χ0) is 18.4. The summed E-state index contributed by atoms with van der Waals surface area (Å²) in [5.41, 5.74) is 4.15. The van der Waals surface area contributed by atoms with Crippen molar-refractivity contribution in [1.29, 1.82) is 0 Å². The fourth-order valence-electron chi connectivity index (χ4n) is 3.15. The van der Waals surface area contributed by atoms with Gasteiger partial charge in [-0.1, -0.05) is 0 Å².